The zero-order valence-corrected chi connectivity index (χ0v) is 8.26. The Labute approximate surface area is 80.3 Å². The number of halogens is 1. The highest BCUT2D eigenvalue weighted by molar-refractivity contribution is 9.10. The molecule has 1 aliphatic carbocycles. The molecule has 0 atom stereocenters. The third-order valence-corrected chi connectivity index (χ3v) is 2.45. The second-order valence-corrected chi connectivity index (χ2v) is 4.07. The lowest BCUT2D eigenvalue weighted by Crippen LogP contribution is -2.03. The highest BCUT2D eigenvalue weighted by Crippen LogP contribution is 2.29. The molecular weight excluding hydrogens is 216 g/mol. The van der Waals surface area contributed by atoms with Crippen LogP contribution in [0.1, 0.15) is 12.8 Å². The van der Waals surface area contributed by atoms with Crippen LogP contribution in [0.2, 0.25) is 0 Å². The number of nitrogens with one attached hydrogen (secondary N) is 1. The van der Waals surface area contributed by atoms with Gasteiger partial charge in [-0.3, -0.25) is 0 Å². The maximum absolute atomic E-state index is 5.78. The quantitative estimate of drug-likeness (QED) is 0.762. The molecule has 1 saturated carbocycles. The standard InChI is InChI=1S/C9H11BrN2/c10-6-1-4-8(11)9(5-6)12-7-2-3-7/h1,4-5,7,12H,2-3,11H2. The summed E-state index contributed by atoms with van der Waals surface area (Å²) in [6.45, 7) is 0. The van der Waals surface area contributed by atoms with Crippen molar-refractivity contribution in [1.82, 2.24) is 0 Å². The van der Waals surface area contributed by atoms with Crippen molar-refractivity contribution in [3.05, 3.63) is 22.7 Å². The van der Waals surface area contributed by atoms with E-state index in [1.54, 1.807) is 0 Å². The smallest absolute Gasteiger partial charge is 0.0587 e. The summed E-state index contributed by atoms with van der Waals surface area (Å²) in [5.74, 6) is 0. The predicted molar refractivity (Wildman–Crippen MR) is 55.2 cm³/mol. The second kappa shape index (κ2) is 2.98. The number of anilines is 2. The van der Waals surface area contributed by atoms with E-state index in [2.05, 4.69) is 21.2 Å². The van der Waals surface area contributed by atoms with Gasteiger partial charge in [0, 0.05) is 10.5 Å². The largest absolute Gasteiger partial charge is 0.397 e. The SMILES string of the molecule is Nc1ccc(Br)cc1NC1CC1. The fourth-order valence-electron chi connectivity index (χ4n) is 1.10. The Hall–Kier alpha value is -0.700. The Morgan fingerprint density at radius 1 is 1.42 bits per heavy atom. The molecule has 3 N–H and O–H groups in total. The van der Waals surface area contributed by atoms with Crippen molar-refractivity contribution in [2.75, 3.05) is 11.1 Å². The number of rotatable bonds is 2. The first-order chi connectivity index (χ1) is 5.75. The maximum atomic E-state index is 5.78. The summed E-state index contributed by atoms with van der Waals surface area (Å²) >= 11 is 3.41. The molecule has 1 fully saturated rings. The van der Waals surface area contributed by atoms with Gasteiger partial charge in [0.2, 0.25) is 0 Å². The molecule has 12 heavy (non-hydrogen) atoms. The molecule has 0 aromatic heterocycles. The number of nitrogen functional groups attached to an aromatic ring is 1. The third kappa shape index (κ3) is 1.72. The molecule has 0 spiro atoms. The summed E-state index contributed by atoms with van der Waals surface area (Å²) in [5.41, 5.74) is 7.65. The van der Waals surface area contributed by atoms with Gasteiger partial charge in [-0.2, -0.15) is 0 Å². The highest BCUT2D eigenvalue weighted by atomic mass is 79.9. The van der Waals surface area contributed by atoms with Crippen molar-refractivity contribution in [2.24, 2.45) is 0 Å². The Bertz CT molecular complexity index is 295. The summed E-state index contributed by atoms with van der Waals surface area (Å²) in [4.78, 5) is 0. The van der Waals surface area contributed by atoms with E-state index in [1.165, 1.54) is 12.8 Å². The van der Waals surface area contributed by atoms with Crippen LogP contribution >= 0.6 is 15.9 Å². The van der Waals surface area contributed by atoms with Gasteiger partial charge in [0.15, 0.2) is 0 Å². The number of nitrogens with two attached hydrogens (primary N) is 1. The van der Waals surface area contributed by atoms with Crippen LogP contribution in [0.15, 0.2) is 22.7 Å². The van der Waals surface area contributed by atoms with Crippen LogP contribution in [0.25, 0.3) is 0 Å². The minimum Gasteiger partial charge on any atom is -0.397 e. The van der Waals surface area contributed by atoms with Crippen molar-refractivity contribution < 1.29 is 0 Å². The Balaban J connectivity index is 2.21. The summed E-state index contributed by atoms with van der Waals surface area (Å²) in [6.07, 6.45) is 2.54. The van der Waals surface area contributed by atoms with Crippen molar-refractivity contribution >= 4 is 27.3 Å². The molecule has 3 heteroatoms. The van der Waals surface area contributed by atoms with Crippen LogP contribution < -0.4 is 11.1 Å². The molecule has 0 amide bonds. The summed E-state index contributed by atoms with van der Waals surface area (Å²) in [7, 11) is 0. The Morgan fingerprint density at radius 3 is 2.83 bits per heavy atom. The third-order valence-electron chi connectivity index (χ3n) is 1.95. The van der Waals surface area contributed by atoms with Crippen LogP contribution in [-0.2, 0) is 0 Å². The van der Waals surface area contributed by atoms with Gasteiger partial charge in [-0.1, -0.05) is 15.9 Å². The highest BCUT2D eigenvalue weighted by Gasteiger charge is 2.21. The first kappa shape index (κ1) is 7.92. The summed E-state index contributed by atoms with van der Waals surface area (Å²) < 4.78 is 1.07. The van der Waals surface area contributed by atoms with Gasteiger partial charge in [-0.15, -0.1) is 0 Å². The fraction of sp³-hybridized carbons (Fsp3) is 0.333. The zero-order valence-electron chi connectivity index (χ0n) is 6.68. The van der Waals surface area contributed by atoms with E-state index in [0.717, 1.165) is 15.8 Å². The molecule has 2 rings (SSSR count). The topological polar surface area (TPSA) is 38.0 Å². The molecule has 0 aliphatic heterocycles. The van der Waals surface area contributed by atoms with E-state index in [1.807, 2.05) is 18.2 Å². The van der Waals surface area contributed by atoms with Crippen molar-refractivity contribution in [1.29, 1.82) is 0 Å². The normalized spacial score (nSPS) is 16.1. The molecule has 1 aliphatic rings. The van der Waals surface area contributed by atoms with E-state index >= 15 is 0 Å². The molecule has 0 unspecified atom stereocenters. The first-order valence-electron chi connectivity index (χ1n) is 4.07. The number of benzene rings is 1. The maximum Gasteiger partial charge on any atom is 0.0587 e. The van der Waals surface area contributed by atoms with E-state index in [9.17, 15) is 0 Å². The average Bonchev–Trinajstić information content (AvgIpc) is 2.81. The Kier molecular flexibility index (Phi) is 1.97. The average molecular weight is 227 g/mol. The van der Waals surface area contributed by atoms with Crippen molar-refractivity contribution in [2.45, 2.75) is 18.9 Å². The van der Waals surface area contributed by atoms with Gasteiger partial charge in [-0.05, 0) is 31.0 Å². The summed E-state index contributed by atoms with van der Waals surface area (Å²) in [5, 5.41) is 3.37. The van der Waals surface area contributed by atoms with Crippen LogP contribution in [0.5, 0.6) is 0 Å². The number of hydrogen-bond acceptors (Lipinski definition) is 2. The molecule has 0 bridgehead atoms. The lowest BCUT2D eigenvalue weighted by molar-refractivity contribution is 1.16. The van der Waals surface area contributed by atoms with E-state index in [-0.39, 0.29) is 0 Å². The van der Waals surface area contributed by atoms with Crippen molar-refractivity contribution in [3.8, 4) is 0 Å². The van der Waals surface area contributed by atoms with Gasteiger partial charge in [0.25, 0.3) is 0 Å². The Morgan fingerprint density at radius 2 is 2.17 bits per heavy atom. The lowest BCUT2D eigenvalue weighted by Gasteiger charge is -2.07. The van der Waals surface area contributed by atoms with E-state index in [0.29, 0.717) is 6.04 Å². The molecule has 64 valence electrons. The molecular formula is C9H11BrN2. The molecule has 0 heterocycles. The van der Waals surface area contributed by atoms with Gasteiger partial charge < -0.3 is 11.1 Å². The van der Waals surface area contributed by atoms with E-state index < -0.39 is 0 Å². The molecule has 1 aromatic rings. The minimum atomic E-state index is 0.654. The monoisotopic (exact) mass is 226 g/mol. The van der Waals surface area contributed by atoms with Gasteiger partial charge >= 0.3 is 0 Å². The predicted octanol–water partition coefficient (Wildman–Crippen LogP) is 2.61. The van der Waals surface area contributed by atoms with Crippen LogP contribution in [-0.4, -0.2) is 6.04 Å². The molecule has 2 nitrogen and oxygen atoms in total. The van der Waals surface area contributed by atoms with Crippen LogP contribution in [0.3, 0.4) is 0 Å². The van der Waals surface area contributed by atoms with Gasteiger partial charge in [-0.25, -0.2) is 0 Å². The first-order valence-corrected chi connectivity index (χ1v) is 4.86. The van der Waals surface area contributed by atoms with Crippen LogP contribution in [0, 0.1) is 0 Å². The molecule has 0 saturated heterocycles. The fourth-order valence-corrected chi connectivity index (χ4v) is 1.46. The molecule has 0 radical (unpaired) electrons. The number of hydrogen-bond donors (Lipinski definition) is 2. The lowest BCUT2D eigenvalue weighted by atomic mass is 10.2. The van der Waals surface area contributed by atoms with E-state index in [4.69, 9.17) is 5.73 Å². The van der Waals surface area contributed by atoms with Crippen LogP contribution in [0.4, 0.5) is 11.4 Å². The molecule has 1 aromatic carbocycles. The zero-order chi connectivity index (χ0) is 8.55. The minimum absolute atomic E-state index is 0.654. The van der Waals surface area contributed by atoms with Crippen molar-refractivity contribution in [3.63, 3.8) is 0 Å². The van der Waals surface area contributed by atoms with Gasteiger partial charge in [0.05, 0.1) is 11.4 Å². The second-order valence-electron chi connectivity index (χ2n) is 3.15. The van der Waals surface area contributed by atoms with Gasteiger partial charge in [0.1, 0.15) is 0 Å². The summed E-state index contributed by atoms with van der Waals surface area (Å²) in [6, 6.07) is 6.54.